The van der Waals surface area contributed by atoms with Crippen molar-refractivity contribution in [1.29, 1.82) is 0 Å². The van der Waals surface area contributed by atoms with Gasteiger partial charge in [-0.3, -0.25) is 14.4 Å². The Balaban J connectivity index is 1.50. The average molecular weight is 387 g/mol. The van der Waals surface area contributed by atoms with E-state index in [4.69, 9.17) is 4.74 Å². The lowest BCUT2D eigenvalue weighted by molar-refractivity contribution is -0.141. The first-order valence-corrected chi connectivity index (χ1v) is 9.22. The molecule has 3 rings (SSSR count). The lowest BCUT2D eigenvalue weighted by atomic mass is 10.0. The third-order valence-corrected chi connectivity index (χ3v) is 4.30. The second kappa shape index (κ2) is 9.46. The summed E-state index contributed by atoms with van der Waals surface area (Å²) in [6.45, 7) is 1.09. The van der Waals surface area contributed by atoms with Crippen molar-refractivity contribution in [3.63, 3.8) is 0 Å². The van der Waals surface area contributed by atoms with Crippen molar-refractivity contribution in [3.05, 3.63) is 90.0 Å². The van der Waals surface area contributed by atoms with E-state index >= 15 is 0 Å². The molecule has 0 bridgehead atoms. The van der Waals surface area contributed by atoms with Crippen LogP contribution in [0.5, 0.6) is 0 Å². The predicted molar refractivity (Wildman–Crippen MR) is 112 cm³/mol. The van der Waals surface area contributed by atoms with Gasteiger partial charge in [0.2, 0.25) is 5.91 Å². The topological polar surface area (TPSA) is 72.5 Å². The fourth-order valence-corrected chi connectivity index (χ4v) is 2.84. The second-order valence-electron chi connectivity index (χ2n) is 6.58. The number of hydrogen-bond acceptors (Lipinski definition) is 4. The summed E-state index contributed by atoms with van der Waals surface area (Å²) >= 11 is 0. The normalized spacial score (nSPS) is 10.2. The van der Waals surface area contributed by atoms with Crippen LogP contribution >= 0.6 is 0 Å². The highest BCUT2D eigenvalue weighted by Gasteiger charge is 2.11. The Kier molecular flexibility index (Phi) is 6.53. The van der Waals surface area contributed by atoms with E-state index in [-0.39, 0.29) is 24.7 Å². The zero-order valence-electron chi connectivity index (χ0n) is 16.1. The third-order valence-electron chi connectivity index (χ3n) is 4.30. The molecule has 5 heteroatoms. The van der Waals surface area contributed by atoms with E-state index < -0.39 is 5.97 Å². The maximum absolute atomic E-state index is 12.2. The number of anilines is 1. The molecule has 29 heavy (non-hydrogen) atoms. The Bertz CT molecular complexity index is 993. The molecule has 3 aromatic carbocycles. The van der Waals surface area contributed by atoms with Gasteiger partial charge in [0.25, 0.3) is 0 Å². The third kappa shape index (κ3) is 5.87. The van der Waals surface area contributed by atoms with Crippen LogP contribution in [0.2, 0.25) is 0 Å². The molecule has 0 aliphatic carbocycles. The summed E-state index contributed by atoms with van der Waals surface area (Å²) in [5, 5.41) is 2.63. The van der Waals surface area contributed by atoms with Crippen LogP contribution in [-0.2, 0) is 20.7 Å². The summed E-state index contributed by atoms with van der Waals surface area (Å²) in [5.41, 5.74) is 4.02. The Morgan fingerprint density at radius 3 is 2.03 bits per heavy atom. The highest BCUT2D eigenvalue weighted by molar-refractivity contribution is 5.98. The van der Waals surface area contributed by atoms with Crippen LogP contribution < -0.4 is 5.32 Å². The van der Waals surface area contributed by atoms with Gasteiger partial charge in [-0.25, -0.2) is 0 Å². The van der Waals surface area contributed by atoms with E-state index in [0.29, 0.717) is 11.3 Å². The quantitative estimate of drug-likeness (QED) is 0.485. The summed E-state index contributed by atoms with van der Waals surface area (Å²) in [6.07, 6.45) is 0.101. The molecule has 0 saturated heterocycles. The first kappa shape index (κ1) is 20.0. The number of rotatable bonds is 7. The van der Waals surface area contributed by atoms with Gasteiger partial charge in [-0.2, -0.15) is 0 Å². The van der Waals surface area contributed by atoms with Crippen molar-refractivity contribution in [2.24, 2.45) is 0 Å². The fourth-order valence-electron chi connectivity index (χ4n) is 2.84. The number of hydrogen-bond donors (Lipinski definition) is 1. The second-order valence-corrected chi connectivity index (χ2v) is 6.58. The average Bonchev–Trinajstić information content (AvgIpc) is 2.73. The van der Waals surface area contributed by atoms with E-state index in [1.165, 1.54) is 6.92 Å². The standard InChI is InChI=1S/C24H21NO4/c1-17(26)25-22-13-11-21(12-14-22)23(27)16-29-24(28)15-18-7-9-20(10-8-18)19-5-3-2-4-6-19/h2-14H,15-16H2,1H3,(H,25,26). The van der Waals surface area contributed by atoms with Gasteiger partial charge < -0.3 is 10.1 Å². The molecule has 0 aliphatic rings. The largest absolute Gasteiger partial charge is 0.457 e. The lowest BCUT2D eigenvalue weighted by Crippen LogP contribution is -2.15. The minimum atomic E-state index is -0.458. The molecule has 0 unspecified atom stereocenters. The number of ketones is 1. The fraction of sp³-hybridized carbons (Fsp3) is 0.125. The summed E-state index contributed by atoms with van der Waals surface area (Å²) in [4.78, 5) is 35.2. The van der Waals surface area contributed by atoms with Crippen molar-refractivity contribution in [1.82, 2.24) is 0 Å². The van der Waals surface area contributed by atoms with Crippen molar-refractivity contribution in [2.75, 3.05) is 11.9 Å². The predicted octanol–water partition coefficient (Wildman–Crippen LogP) is 4.28. The molecule has 0 atom stereocenters. The van der Waals surface area contributed by atoms with Crippen LogP contribution in [0, 0.1) is 0 Å². The molecule has 146 valence electrons. The van der Waals surface area contributed by atoms with Crippen molar-refractivity contribution < 1.29 is 19.1 Å². The number of nitrogens with one attached hydrogen (secondary N) is 1. The van der Waals surface area contributed by atoms with Gasteiger partial charge in [0, 0.05) is 18.2 Å². The zero-order chi connectivity index (χ0) is 20.6. The molecule has 0 spiro atoms. The lowest BCUT2D eigenvalue weighted by Gasteiger charge is -2.07. The summed E-state index contributed by atoms with van der Waals surface area (Å²) < 4.78 is 5.11. The van der Waals surface area contributed by atoms with Gasteiger partial charge >= 0.3 is 5.97 Å². The molecule has 1 amide bonds. The van der Waals surface area contributed by atoms with E-state index in [1.54, 1.807) is 24.3 Å². The van der Waals surface area contributed by atoms with E-state index in [1.807, 2.05) is 54.6 Å². The first-order valence-electron chi connectivity index (χ1n) is 9.22. The monoisotopic (exact) mass is 387 g/mol. The van der Waals surface area contributed by atoms with Gasteiger partial charge in [-0.05, 0) is 41.0 Å². The molecule has 0 heterocycles. The maximum atomic E-state index is 12.2. The van der Waals surface area contributed by atoms with Crippen molar-refractivity contribution >= 4 is 23.3 Å². The minimum Gasteiger partial charge on any atom is -0.457 e. The molecule has 3 aromatic rings. The zero-order valence-corrected chi connectivity index (χ0v) is 16.1. The van der Waals surface area contributed by atoms with Gasteiger partial charge in [0.1, 0.15) is 0 Å². The molecule has 0 saturated carbocycles. The number of carbonyl (C=O) groups excluding carboxylic acids is 3. The Morgan fingerprint density at radius 1 is 0.793 bits per heavy atom. The van der Waals surface area contributed by atoms with Crippen LogP contribution in [-0.4, -0.2) is 24.3 Å². The first-order chi connectivity index (χ1) is 14.0. The van der Waals surface area contributed by atoms with Crippen LogP contribution in [0.4, 0.5) is 5.69 Å². The molecule has 0 aromatic heterocycles. The van der Waals surface area contributed by atoms with Crippen molar-refractivity contribution in [2.45, 2.75) is 13.3 Å². The van der Waals surface area contributed by atoms with E-state index in [2.05, 4.69) is 5.32 Å². The molecule has 0 aliphatic heterocycles. The summed E-state index contributed by atoms with van der Waals surface area (Å²) in [6, 6.07) is 24.1. The van der Waals surface area contributed by atoms with E-state index in [9.17, 15) is 14.4 Å². The van der Waals surface area contributed by atoms with E-state index in [0.717, 1.165) is 16.7 Å². The molecular weight excluding hydrogens is 366 g/mol. The van der Waals surface area contributed by atoms with Crippen LogP contribution in [0.3, 0.4) is 0 Å². The number of carbonyl (C=O) groups is 3. The Labute approximate surface area is 169 Å². The molecule has 5 nitrogen and oxygen atoms in total. The Morgan fingerprint density at radius 2 is 1.41 bits per heavy atom. The van der Waals surface area contributed by atoms with Gasteiger partial charge in [-0.15, -0.1) is 0 Å². The highest BCUT2D eigenvalue weighted by Crippen LogP contribution is 2.19. The number of benzene rings is 3. The van der Waals surface area contributed by atoms with Gasteiger partial charge in [0.05, 0.1) is 6.42 Å². The van der Waals surface area contributed by atoms with Crippen LogP contribution in [0.15, 0.2) is 78.9 Å². The molecular formula is C24H21NO4. The van der Waals surface area contributed by atoms with Crippen LogP contribution in [0.1, 0.15) is 22.8 Å². The number of amides is 1. The summed E-state index contributed by atoms with van der Waals surface area (Å²) in [5.74, 6) is -0.942. The number of esters is 1. The minimum absolute atomic E-state index is 0.101. The smallest absolute Gasteiger partial charge is 0.310 e. The molecule has 0 fully saturated rings. The van der Waals surface area contributed by atoms with Gasteiger partial charge in [0.15, 0.2) is 12.4 Å². The SMILES string of the molecule is CC(=O)Nc1ccc(C(=O)COC(=O)Cc2ccc(-c3ccccc3)cc2)cc1. The highest BCUT2D eigenvalue weighted by atomic mass is 16.5. The Hall–Kier alpha value is -3.73. The molecule has 1 N–H and O–H groups in total. The van der Waals surface area contributed by atoms with Gasteiger partial charge in [-0.1, -0.05) is 54.6 Å². The number of Topliss-reactive ketones (excluding diaryl/α,β-unsaturated/α-hetero) is 1. The van der Waals surface area contributed by atoms with Crippen molar-refractivity contribution in [3.8, 4) is 11.1 Å². The summed E-state index contributed by atoms with van der Waals surface area (Å²) in [7, 11) is 0. The maximum Gasteiger partial charge on any atom is 0.310 e. The molecule has 0 radical (unpaired) electrons. The van der Waals surface area contributed by atoms with Crippen LogP contribution in [0.25, 0.3) is 11.1 Å². The number of ether oxygens (including phenoxy) is 1.